The number of aliphatic carboxylic acids is 1. The summed E-state index contributed by atoms with van der Waals surface area (Å²) in [5, 5.41) is 20.2. The molecule has 0 radical (unpaired) electrons. The van der Waals surface area contributed by atoms with Gasteiger partial charge in [-0.1, -0.05) is 5.16 Å². The fourth-order valence-corrected chi connectivity index (χ4v) is 1.45. The lowest BCUT2D eigenvalue weighted by Gasteiger charge is -2.19. The fourth-order valence-electron chi connectivity index (χ4n) is 1.45. The molecule has 0 fully saturated rings. The minimum absolute atomic E-state index is 0.00330. The Morgan fingerprint density at radius 2 is 1.90 bits per heavy atom. The lowest BCUT2D eigenvalue weighted by Crippen LogP contribution is -2.24. The van der Waals surface area contributed by atoms with Gasteiger partial charge in [0, 0.05) is 11.3 Å². The molecule has 1 aromatic carbocycles. The molecule has 0 unspecified atom stereocenters. The molecule has 7 nitrogen and oxygen atoms in total. The Kier molecular flexibility index (Phi) is 4.34. The number of nitrogen functional groups attached to an aromatic ring is 1. The molecule has 0 saturated heterocycles. The summed E-state index contributed by atoms with van der Waals surface area (Å²) in [6.45, 7) is 5.18. The number of oxime groups is 1. The molecule has 0 amide bonds. The van der Waals surface area contributed by atoms with Crippen LogP contribution in [-0.2, 0) is 9.53 Å². The molecule has 20 heavy (non-hydrogen) atoms. The van der Waals surface area contributed by atoms with Crippen molar-refractivity contribution in [3.63, 3.8) is 0 Å². The van der Waals surface area contributed by atoms with E-state index < -0.39 is 23.3 Å². The van der Waals surface area contributed by atoms with Crippen molar-refractivity contribution in [1.82, 2.24) is 0 Å². The molecular weight excluding hydrogens is 264 g/mol. The predicted octanol–water partition coefficient (Wildman–Crippen LogP) is 1.49. The maximum atomic E-state index is 11.8. The van der Waals surface area contributed by atoms with E-state index in [-0.39, 0.29) is 16.8 Å². The topological polar surface area (TPSA) is 122 Å². The number of hydrogen-bond acceptors (Lipinski definition) is 6. The van der Waals surface area contributed by atoms with Crippen LogP contribution in [0.1, 0.15) is 36.7 Å². The summed E-state index contributed by atoms with van der Waals surface area (Å²) >= 11 is 0. The quantitative estimate of drug-likeness (QED) is 0.253. The van der Waals surface area contributed by atoms with E-state index in [9.17, 15) is 9.59 Å². The van der Waals surface area contributed by atoms with E-state index in [0.29, 0.717) is 0 Å². The second-order valence-electron chi connectivity index (χ2n) is 5.06. The zero-order chi connectivity index (χ0) is 15.5. The Balaban J connectivity index is 3.11. The number of esters is 1. The summed E-state index contributed by atoms with van der Waals surface area (Å²) in [5.74, 6) is -2.00. The lowest BCUT2D eigenvalue weighted by molar-refractivity contribution is -0.129. The average Bonchev–Trinajstić information content (AvgIpc) is 2.29. The van der Waals surface area contributed by atoms with E-state index in [1.54, 1.807) is 20.8 Å². The lowest BCUT2D eigenvalue weighted by atomic mass is 10.0. The van der Waals surface area contributed by atoms with Crippen LogP contribution in [-0.4, -0.2) is 33.6 Å². The van der Waals surface area contributed by atoms with Gasteiger partial charge in [-0.05, 0) is 39.0 Å². The van der Waals surface area contributed by atoms with Gasteiger partial charge in [-0.25, -0.2) is 9.59 Å². The van der Waals surface area contributed by atoms with Crippen LogP contribution in [0.25, 0.3) is 0 Å². The van der Waals surface area contributed by atoms with Gasteiger partial charge in [0.15, 0.2) is 5.71 Å². The maximum Gasteiger partial charge on any atom is 0.358 e. The number of carboxylic acid groups (broad SMARTS) is 1. The second kappa shape index (κ2) is 5.60. The normalized spacial score (nSPS) is 12.1. The third-order valence-electron chi connectivity index (χ3n) is 2.24. The first kappa shape index (κ1) is 15.5. The highest BCUT2D eigenvalue weighted by atomic mass is 16.6. The number of rotatable bonds is 3. The number of nitrogens with zero attached hydrogens (tertiary/aromatic N) is 1. The largest absolute Gasteiger partial charge is 0.476 e. The molecule has 0 aliphatic heterocycles. The maximum absolute atomic E-state index is 11.8. The van der Waals surface area contributed by atoms with Crippen molar-refractivity contribution >= 4 is 23.3 Å². The third kappa shape index (κ3) is 3.71. The minimum Gasteiger partial charge on any atom is -0.476 e. The summed E-state index contributed by atoms with van der Waals surface area (Å²) in [7, 11) is 0. The van der Waals surface area contributed by atoms with Crippen LogP contribution >= 0.6 is 0 Å². The van der Waals surface area contributed by atoms with E-state index in [0.717, 1.165) is 0 Å². The molecular formula is C13H16N2O5. The Morgan fingerprint density at radius 3 is 2.30 bits per heavy atom. The summed E-state index contributed by atoms with van der Waals surface area (Å²) < 4.78 is 5.16. The molecule has 0 saturated carbocycles. The van der Waals surface area contributed by atoms with Crippen LogP contribution in [0.3, 0.4) is 0 Å². The fraction of sp³-hybridized carbons (Fsp3) is 0.308. The second-order valence-corrected chi connectivity index (χ2v) is 5.06. The van der Waals surface area contributed by atoms with E-state index >= 15 is 0 Å². The van der Waals surface area contributed by atoms with Crippen molar-refractivity contribution in [3.8, 4) is 0 Å². The van der Waals surface area contributed by atoms with Crippen molar-refractivity contribution in [2.75, 3.05) is 5.73 Å². The molecule has 108 valence electrons. The van der Waals surface area contributed by atoms with Gasteiger partial charge in [0.05, 0.1) is 5.56 Å². The van der Waals surface area contributed by atoms with Crippen LogP contribution in [0.4, 0.5) is 5.69 Å². The first-order valence-corrected chi connectivity index (χ1v) is 5.74. The molecule has 4 N–H and O–H groups in total. The van der Waals surface area contributed by atoms with E-state index in [1.807, 2.05) is 0 Å². The molecule has 0 aliphatic carbocycles. The number of carbonyl (C=O) groups excluding carboxylic acids is 1. The molecule has 1 aromatic rings. The molecule has 0 aromatic heterocycles. The minimum atomic E-state index is -1.43. The van der Waals surface area contributed by atoms with Gasteiger partial charge in [0.1, 0.15) is 5.60 Å². The van der Waals surface area contributed by atoms with Gasteiger partial charge in [-0.2, -0.15) is 0 Å². The Labute approximate surface area is 115 Å². The highest BCUT2D eigenvalue weighted by Gasteiger charge is 2.21. The summed E-state index contributed by atoms with van der Waals surface area (Å²) in [4.78, 5) is 22.7. The summed E-state index contributed by atoms with van der Waals surface area (Å²) in [6, 6.07) is 3.92. The van der Waals surface area contributed by atoms with Crippen molar-refractivity contribution in [2.45, 2.75) is 26.4 Å². The number of ether oxygens (including phenoxy) is 1. The predicted molar refractivity (Wildman–Crippen MR) is 72.0 cm³/mol. The van der Waals surface area contributed by atoms with Gasteiger partial charge >= 0.3 is 11.9 Å². The van der Waals surface area contributed by atoms with Gasteiger partial charge in [0.25, 0.3) is 0 Å². The standard InChI is InChI=1S/C13H16N2O5/c1-13(2,3)20-12(18)7-4-5-8(9(14)6-7)10(15-19)11(16)17/h4-6,19H,14H2,1-3H3,(H,16,17). The molecule has 1 rings (SSSR count). The van der Waals surface area contributed by atoms with Crippen LogP contribution in [0.5, 0.6) is 0 Å². The van der Waals surface area contributed by atoms with Crippen molar-refractivity contribution < 1.29 is 24.6 Å². The van der Waals surface area contributed by atoms with E-state index in [2.05, 4.69) is 5.16 Å². The smallest absolute Gasteiger partial charge is 0.358 e. The molecule has 7 heteroatoms. The molecule has 0 atom stereocenters. The molecule has 0 heterocycles. The Morgan fingerprint density at radius 1 is 1.30 bits per heavy atom. The Bertz CT molecular complexity index is 573. The van der Waals surface area contributed by atoms with E-state index in [4.69, 9.17) is 20.8 Å². The van der Waals surface area contributed by atoms with Crippen LogP contribution in [0, 0.1) is 0 Å². The number of hydrogen-bond donors (Lipinski definition) is 3. The van der Waals surface area contributed by atoms with Gasteiger partial charge in [-0.3, -0.25) is 0 Å². The monoisotopic (exact) mass is 280 g/mol. The van der Waals surface area contributed by atoms with Crippen LogP contribution < -0.4 is 5.73 Å². The molecule has 0 aliphatic rings. The Hall–Kier alpha value is -2.57. The first-order valence-electron chi connectivity index (χ1n) is 5.74. The summed E-state index contributed by atoms with van der Waals surface area (Å²) in [6.07, 6.45) is 0. The van der Waals surface area contributed by atoms with Crippen molar-refractivity contribution in [1.29, 1.82) is 0 Å². The number of anilines is 1. The number of benzene rings is 1. The summed E-state index contributed by atoms with van der Waals surface area (Å²) in [5.41, 5.74) is 4.63. The molecule has 0 bridgehead atoms. The zero-order valence-corrected chi connectivity index (χ0v) is 11.4. The van der Waals surface area contributed by atoms with Crippen molar-refractivity contribution in [3.05, 3.63) is 29.3 Å². The first-order chi connectivity index (χ1) is 9.15. The average molecular weight is 280 g/mol. The molecule has 0 spiro atoms. The zero-order valence-electron chi connectivity index (χ0n) is 11.4. The van der Waals surface area contributed by atoms with E-state index in [1.165, 1.54) is 18.2 Å². The van der Waals surface area contributed by atoms with Crippen molar-refractivity contribution in [2.24, 2.45) is 5.16 Å². The highest BCUT2D eigenvalue weighted by molar-refractivity contribution is 6.43. The number of carbonyl (C=O) groups is 2. The van der Waals surface area contributed by atoms with Gasteiger partial charge < -0.3 is 20.8 Å². The van der Waals surface area contributed by atoms with Gasteiger partial charge in [-0.15, -0.1) is 0 Å². The van der Waals surface area contributed by atoms with Crippen LogP contribution in [0.2, 0.25) is 0 Å². The van der Waals surface area contributed by atoms with Crippen LogP contribution in [0.15, 0.2) is 23.4 Å². The SMILES string of the molecule is CC(C)(C)OC(=O)c1ccc(C(=NO)C(=O)O)c(N)c1. The third-order valence-corrected chi connectivity index (χ3v) is 2.24. The number of nitrogens with two attached hydrogens (primary N) is 1. The van der Waals surface area contributed by atoms with Gasteiger partial charge in [0.2, 0.25) is 0 Å². The highest BCUT2D eigenvalue weighted by Crippen LogP contribution is 2.18. The number of carboxylic acids is 1.